The lowest BCUT2D eigenvalue weighted by molar-refractivity contribution is 0.0523. The number of aromatic nitrogens is 3. The van der Waals surface area contributed by atoms with Gasteiger partial charge in [-0.25, -0.2) is 4.79 Å². The van der Waals surface area contributed by atoms with E-state index in [0.29, 0.717) is 6.54 Å². The summed E-state index contributed by atoms with van der Waals surface area (Å²) in [6.45, 7) is 5.93. The predicted octanol–water partition coefficient (Wildman–Crippen LogP) is 2.51. The number of amides is 1. The fourth-order valence-corrected chi connectivity index (χ4v) is 1.76. The van der Waals surface area contributed by atoms with Gasteiger partial charge in [-0.2, -0.15) is 15.0 Å². The van der Waals surface area contributed by atoms with E-state index in [1.165, 1.54) is 4.80 Å². The smallest absolute Gasteiger partial charge is 0.407 e. The van der Waals surface area contributed by atoms with Crippen molar-refractivity contribution in [2.24, 2.45) is 7.05 Å². The van der Waals surface area contributed by atoms with Crippen LogP contribution in [0.25, 0.3) is 11.3 Å². The molecule has 21 heavy (non-hydrogen) atoms. The van der Waals surface area contributed by atoms with Crippen LogP contribution in [0.5, 0.6) is 0 Å². The quantitative estimate of drug-likeness (QED) is 0.942. The minimum atomic E-state index is -0.486. The maximum Gasteiger partial charge on any atom is 0.407 e. The minimum Gasteiger partial charge on any atom is -0.444 e. The maximum absolute atomic E-state index is 11.6. The monoisotopic (exact) mass is 288 g/mol. The van der Waals surface area contributed by atoms with Gasteiger partial charge in [-0.3, -0.25) is 0 Å². The highest BCUT2D eigenvalue weighted by atomic mass is 16.6. The van der Waals surface area contributed by atoms with Crippen molar-refractivity contribution in [3.05, 3.63) is 36.0 Å². The molecule has 0 spiro atoms. The molecule has 2 aromatic rings. The first kappa shape index (κ1) is 15.0. The zero-order valence-corrected chi connectivity index (χ0v) is 12.8. The first-order valence-electron chi connectivity index (χ1n) is 6.76. The number of carbonyl (C=O) groups excluding carboxylic acids is 1. The molecule has 0 bridgehead atoms. The van der Waals surface area contributed by atoms with E-state index in [2.05, 4.69) is 15.5 Å². The number of alkyl carbamates (subject to hydrolysis) is 1. The molecule has 1 aromatic carbocycles. The van der Waals surface area contributed by atoms with Gasteiger partial charge >= 0.3 is 6.09 Å². The zero-order valence-electron chi connectivity index (χ0n) is 12.8. The average Bonchev–Trinajstić information content (AvgIpc) is 2.82. The van der Waals surface area contributed by atoms with Crippen LogP contribution in [0.1, 0.15) is 26.3 Å². The molecule has 0 fully saturated rings. The fraction of sp³-hybridized carbons (Fsp3) is 0.400. The molecule has 6 heteroatoms. The summed E-state index contributed by atoms with van der Waals surface area (Å²) in [5.41, 5.74) is 2.32. The van der Waals surface area contributed by atoms with Gasteiger partial charge in [0.05, 0.1) is 6.20 Å². The van der Waals surface area contributed by atoms with Crippen LogP contribution in [-0.4, -0.2) is 26.7 Å². The lowest BCUT2D eigenvalue weighted by Crippen LogP contribution is -2.32. The summed E-state index contributed by atoms with van der Waals surface area (Å²) in [6, 6.07) is 7.80. The molecule has 2 rings (SSSR count). The van der Waals surface area contributed by atoms with Gasteiger partial charge < -0.3 is 10.1 Å². The Morgan fingerprint density at radius 2 is 1.95 bits per heavy atom. The van der Waals surface area contributed by atoms with Crippen LogP contribution in [0.15, 0.2) is 30.5 Å². The molecule has 0 aliphatic heterocycles. The SMILES string of the molecule is Cn1ncc(-c2ccc(CNC(=O)OC(C)(C)C)cc2)n1. The summed E-state index contributed by atoms with van der Waals surface area (Å²) in [5, 5.41) is 11.0. The molecule has 0 aliphatic carbocycles. The molecular formula is C15H20N4O2. The van der Waals surface area contributed by atoms with Gasteiger partial charge in [0.1, 0.15) is 11.3 Å². The highest BCUT2D eigenvalue weighted by Gasteiger charge is 2.15. The third-order valence-electron chi connectivity index (χ3n) is 2.69. The summed E-state index contributed by atoms with van der Waals surface area (Å²) < 4.78 is 5.18. The molecule has 0 atom stereocenters. The molecular weight excluding hydrogens is 268 g/mol. The number of hydrogen-bond acceptors (Lipinski definition) is 4. The van der Waals surface area contributed by atoms with Crippen molar-refractivity contribution in [1.29, 1.82) is 0 Å². The first-order valence-corrected chi connectivity index (χ1v) is 6.76. The van der Waals surface area contributed by atoms with Crippen LogP contribution in [0.4, 0.5) is 4.79 Å². The van der Waals surface area contributed by atoms with Crippen molar-refractivity contribution < 1.29 is 9.53 Å². The third-order valence-corrected chi connectivity index (χ3v) is 2.69. The number of benzene rings is 1. The van der Waals surface area contributed by atoms with Crippen LogP contribution in [0.3, 0.4) is 0 Å². The van der Waals surface area contributed by atoms with Gasteiger partial charge in [0.2, 0.25) is 0 Å². The zero-order chi connectivity index (χ0) is 15.5. The van der Waals surface area contributed by atoms with Crippen LogP contribution in [0.2, 0.25) is 0 Å². The molecule has 112 valence electrons. The number of aryl methyl sites for hydroxylation is 1. The first-order chi connectivity index (χ1) is 9.83. The molecule has 1 N–H and O–H groups in total. The molecule has 0 saturated carbocycles. The average molecular weight is 288 g/mol. The standard InChI is InChI=1S/C15H20N4O2/c1-15(2,3)21-14(20)16-9-11-5-7-12(8-6-11)13-10-17-19(4)18-13/h5-8,10H,9H2,1-4H3,(H,16,20). The summed E-state index contributed by atoms with van der Waals surface area (Å²) in [5.74, 6) is 0. The van der Waals surface area contributed by atoms with Crippen molar-refractivity contribution in [2.75, 3.05) is 0 Å². The van der Waals surface area contributed by atoms with E-state index >= 15 is 0 Å². The van der Waals surface area contributed by atoms with Crippen molar-refractivity contribution in [1.82, 2.24) is 20.3 Å². The second kappa shape index (κ2) is 5.95. The highest BCUT2D eigenvalue weighted by molar-refractivity contribution is 5.67. The Morgan fingerprint density at radius 3 is 2.48 bits per heavy atom. The maximum atomic E-state index is 11.6. The van der Waals surface area contributed by atoms with E-state index in [1.807, 2.05) is 45.0 Å². The van der Waals surface area contributed by atoms with E-state index in [4.69, 9.17) is 4.74 Å². The molecule has 6 nitrogen and oxygen atoms in total. The van der Waals surface area contributed by atoms with E-state index < -0.39 is 11.7 Å². The summed E-state index contributed by atoms with van der Waals surface area (Å²) in [6.07, 6.45) is 1.30. The Labute approximate surface area is 124 Å². The topological polar surface area (TPSA) is 69.0 Å². The van der Waals surface area contributed by atoms with E-state index in [-0.39, 0.29) is 0 Å². The largest absolute Gasteiger partial charge is 0.444 e. The van der Waals surface area contributed by atoms with Crippen LogP contribution >= 0.6 is 0 Å². The number of ether oxygens (including phenoxy) is 1. The van der Waals surface area contributed by atoms with Crippen molar-refractivity contribution in [2.45, 2.75) is 32.9 Å². The molecule has 1 amide bonds. The molecule has 0 aliphatic rings. The van der Waals surface area contributed by atoms with E-state index in [0.717, 1.165) is 16.8 Å². The Kier molecular flexibility index (Phi) is 4.26. The van der Waals surface area contributed by atoms with Gasteiger partial charge in [0.25, 0.3) is 0 Å². The van der Waals surface area contributed by atoms with E-state index in [9.17, 15) is 4.79 Å². The summed E-state index contributed by atoms with van der Waals surface area (Å²) >= 11 is 0. The Morgan fingerprint density at radius 1 is 1.29 bits per heavy atom. The van der Waals surface area contributed by atoms with Gasteiger partial charge in [0.15, 0.2) is 0 Å². The number of nitrogens with one attached hydrogen (secondary N) is 1. The van der Waals surface area contributed by atoms with Gasteiger partial charge in [-0.1, -0.05) is 24.3 Å². The summed E-state index contributed by atoms with van der Waals surface area (Å²) in [4.78, 5) is 13.1. The third kappa shape index (κ3) is 4.59. The second-order valence-corrected chi connectivity index (χ2v) is 5.77. The number of carbonyl (C=O) groups is 1. The van der Waals surface area contributed by atoms with Crippen LogP contribution in [-0.2, 0) is 18.3 Å². The number of rotatable bonds is 3. The van der Waals surface area contributed by atoms with Crippen molar-refractivity contribution in [3.8, 4) is 11.3 Å². The Balaban J connectivity index is 1.92. The molecule has 1 aromatic heterocycles. The molecule has 0 saturated heterocycles. The van der Waals surface area contributed by atoms with Gasteiger partial charge in [-0.15, -0.1) is 0 Å². The van der Waals surface area contributed by atoms with Crippen LogP contribution in [0, 0.1) is 0 Å². The second-order valence-electron chi connectivity index (χ2n) is 5.77. The van der Waals surface area contributed by atoms with Gasteiger partial charge in [0, 0.05) is 19.2 Å². The predicted molar refractivity (Wildman–Crippen MR) is 79.5 cm³/mol. The molecule has 1 heterocycles. The lowest BCUT2D eigenvalue weighted by Gasteiger charge is -2.19. The minimum absolute atomic E-state index is 0.416. The number of nitrogens with zero attached hydrogens (tertiary/aromatic N) is 3. The van der Waals surface area contributed by atoms with Crippen molar-refractivity contribution in [3.63, 3.8) is 0 Å². The van der Waals surface area contributed by atoms with Gasteiger partial charge in [-0.05, 0) is 26.3 Å². The Bertz CT molecular complexity index is 611. The summed E-state index contributed by atoms with van der Waals surface area (Å²) in [7, 11) is 1.78. The normalized spacial score (nSPS) is 11.2. The molecule has 0 unspecified atom stereocenters. The van der Waals surface area contributed by atoms with E-state index in [1.54, 1.807) is 13.2 Å². The lowest BCUT2D eigenvalue weighted by atomic mass is 10.1. The molecule has 0 radical (unpaired) electrons. The fourth-order valence-electron chi connectivity index (χ4n) is 1.76. The highest BCUT2D eigenvalue weighted by Crippen LogP contribution is 2.16. The number of hydrogen-bond donors (Lipinski definition) is 1. The van der Waals surface area contributed by atoms with Crippen molar-refractivity contribution >= 4 is 6.09 Å². The Hall–Kier alpha value is -2.37. The van der Waals surface area contributed by atoms with Crippen LogP contribution < -0.4 is 5.32 Å².